The molecule has 1 saturated heterocycles. The molecule has 2 unspecified atom stereocenters. The fraction of sp³-hybridized carbons (Fsp3) is 1.00. The van der Waals surface area contributed by atoms with Gasteiger partial charge in [0.15, 0.2) is 0 Å². The Morgan fingerprint density at radius 2 is 2.50 bits per heavy atom. The van der Waals surface area contributed by atoms with E-state index in [0.717, 1.165) is 12.8 Å². The molecule has 0 saturated carbocycles. The first-order valence-electron chi connectivity index (χ1n) is 4.21. The molecule has 1 N–H and O–H groups in total. The van der Waals surface area contributed by atoms with E-state index in [1.165, 1.54) is 0 Å². The first-order chi connectivity index (χ1) is 5.75. The van der Waals surface area contributed by atoms with Crippen LogP contribution in [0.1, 0.15) is 19.8 Å². The molecule has 0 aromatic rings. The maximum absolute atomic E-state index is 10.8. The van der Waals surface area contributed by atoms with Gasteiger partial charge in [0, 0.05) is 12.6 Å². The summed E-state index contributed by atoms with van der Waals surface area (Å²) in [4.78, 5) is 0. The predicted octanol–water partition coefficient (Wildman–Crippen LogP) is 0.624. The Kier molecular flexibility index (Phi) is 4.14. The van der Waals surface area contributed by atoms with E-state index in [1.54, 1.807) is 4.31 Å². The second-order valence-corrected chi connectivity index (χ2v) is 3.82. The number of hydrogen-bond donors (Lipinski definition) is 1. The minimum Gasteiger partial charge on any atom is -0.378 e. The van der Waals surface area contributed by atoms with Gasteiger partial charge in [0.2, 0.25) is 11.3 Å². The molecular formula is C7H15NO3S. The fourth-order valence-electron chi connectivity index (χ4n) is 1.41. The van der Waals surface area contributed by atoms with Crippen LogP contribution < -0.4 is 0 Å². The maximum Gasteiger partial charge on any atom is 0.234 e. The van der Waals surface area contributed by atoms with Gasteiger partial charge >= 0.3 is 0 Å². The molecule has 72 valence electrons. The molecule has 0 aromatic carbocycles. The van der Waals surface area contributed by atoms with Crippen LogP contribution in [0.4, 0.5) is 0 Å². The third kappa shape index (κ3) is 2.52. The van der Waals surface area contributed by atoms with Crippen molar-refractivity contribution in [3.8, 4) is 0 Å². The zero-order chi connectivity index (χ0) is 8.97. The molecule has 1 heterocycles. The SMILES string of the molecule is CCCC1COCCN1S(=O)O. The Morgan fingerprint density at radius 3 is 3.08 bits per heavy atom. The van der Waals surface area contributed by atoms with Crippen molar-refractivity contribution in [2.75, 3.05) is 19.8 Å². The highest BCUT2D eigenvalue weighted by molar-refractivity contribution is 7.76. The molecule has 1 fully saturated rings. The van der Waals surface area contributed by atoms with Gasteiger partial charge in [-0.1, -0.05) is 13.3 Å². The van der Waals surface area contributed by atoms with E-state index in [4.69, 9.17) is 9.29 Å². The second kappa shape index (κ2) is 4.91. The van der Waals surface area contributed by atoms with Gasteiger partial charge in [-0.25, -0.2) is 4.21 Å². The van der Waals surface area contributed by atoms with Crippen molar-refractivity contribution in [2.24, 2.45) is 0 Å². The molecule has 12 heavy (non-hydrogen) atoms. The van der Waals surface area contributed by atoms with Crippen LogP contribution in [0.3, 0.4) is 0 Å². The number of rotatable bonds is 3. The van der Waals surface area contributed by atoms with Crippen LogP contribution in [0.25, 0.3) is 0 Å². The number of nitrogens with zero attached hydrogens (tertiary/aromatic N) is 1. The standard InChI is InChI=1S/C7H15NO3S/c1-2-3-7-6-11-5-4-8(7)12(9)10/h7H,2-6H2,1H3,(H,9,10). The van der Waals surface area contributed by atoms with E-state index in [1.807, 2.05) is 0 Å². The fourth-order valence-corrected chi connectivity index (χ4v) is 2.06. The summed E-state index contributed by atoms with van der Waals surface area (Å²) in [6.45, 7) is 3.77. The molecule has 0 aromatic heterocycles. The van der Waals surface area contributed by atoms with E-state index < -0.39 is 11.3 Å². The van der Waals surface area contributed by atoms with Crippen LogP contribution in [0, 0.1) is 0 Å². The van der Waals surface area contributed by atoms with E-state index in [9.17, 15) is 4.21 Å². The quantitative estimate of drug-likeness (QED) is 0.669. The first kappa shape index (κ1) is 10.1. The summed E-state index contributed by atoms with van der Waals surface area (Å²) < 4.78 is 26.6. The Labute approximate surface area is 75.3 Å². The third-order valence-electron chi connectivity index (χ3n) is 2.00. The van der Waals surface area contributed by atoms with E-state index in [0.29, 0.717) is 19.8 Å². The van der Waals surface area contributed by atoms with Crippen molar-refractivity contribution in [1.29, 1.82) is 0 Å². The molecule has 1 rings (SSSR count). The number of hydrogen-bond acceptors (Lipinski definition) is 2. The highest BCUT2D eigenvalue weighted by Gasteiger charge is 2.25. The summed E-state index contributed by atoms with van der Waals surface area (Å²) in [7, 11) is 0. The lowest BCUT2D eigenvalue weighted by Crippen LogP contribution is -2.45. The maximum atomic E-state index is 10.8. The first-order valence-corrected chi connectivity index (χ1v) is 5.27. The van der Waals surface area contributed by atoms with Crippen molar-refractivity contribution in [3.63, 3.8) is 0 Å². The predicted molar refractivity (Wildman–Crippen MR) is 47.0 cm³/mol. The van der Waals surface area contributed by atoms with Gasteiger partial charge in [-0.15, -0.1) is 0 Å². The van der Waals surface area contributed by atoms with Gasteiger partial charge in [-0.05, 0) is 6.42 Å². The molecule has 0 amide bonds. The molecule has 0 spiro atoms. The van der Waals surface area contributed by atoms with Crippen molar-refractivity contribution in [1.82, 2.24) is 4.31 Å². The van der Waals surface area contributed by atoms with Crippen LogP contribution in [0.15, 0.2) is 0 Å². The highest BCUT2D eigenvalue weighted by Crippen LogP contribution is 2.13. The van der Waals surface area contributed by atoms with E-state index in [2.05, 4.69) is 6.92 Å². The summed E-state index contributed by atoms with van der Waals surface area (Å²) in [6, 6.07) is 0.120. The largest absolute Gasteiger partial charge is 0.378 e. The summed E-state index contributed by atoms with van der Waals surface area (Å²) in [5.74, 6) is 0. The van der Waals surface area contributed by atoms with Gasteiger partial charge in [-0.3, -0.25) is 4.55 Å². The zero-order valence-corrected chi connectivity index (χ0v) is 8.05. The average molecular weight is 193 g/mol. The lowest BCUT2D eigenvalue weighted by molar-refractivity contribution is 0.0289. The minimum atomic E-state index is -1.83. The van der Waals surface area contributed by atoms with Crippen LogP contribution in [0.2, 0.25) is 0 Å². The average Bonchev–Trinajstić information content (AvgIpc) is 2.05. The van der Waals surface area contributed by atoms with E-state index >= 15 is 0 Å². The Bertz CT molecular complexity index is 163. The van der Waals surface area contributed by atoms with Crippen LogP contribution in [0.5, 0.6) is 0 Å². The molecule has 2 atom stereocenters. The molecular weight excluding hydrogens is 178 g/mol. The topological polar surface area (TPSA) is 49.8 Å². The van der Waals surface area contributed by atoms with Gasteiger partial charge in [0.1, 0.15) is 0 Å². The van der Waals surface area contributed by atoms with Gasteiger partial charge in [0.25, 0.3) is 0 Å². The minimum absolute atomic E-state index is 0.120. The Morgan fingerprint density at radius 1 is 1.75 bits per heavy atom. The molecule has 0 aliphatic carbocycles. The monoisotopic (exact) mass is 193 g/mol. The van der Waals surface area contributed by atoms with E-state index in [-0.39, 0.29) is 6.04 Å². The van der Waals surface area contributed by atoms with Crippen molar-refractivity contribution < 1.29 is 13.5 Å². The summed E-state index contributed by atoms with van der Waals surface area (Å²) >= 11 is -1.83. The third-order valence-corrected chi connectivity index (χ3v) is 2.88. The molecule has 1 aliphatic heterocycles. The Hall–Kier alpha value is 0.0300. The van der Waals surface area contributed by atoms with Crippen LogP contribution in [-0.4, -0.2) is 38.9 Å². The summed E-state index contributed by atoms with van der Waals surface area (Å²) in [5.41, 5.74) is 0. The second-order valence-electron chi connectivity index (χ2n) is 2.89. The normalized spacial score (nSPS) is 28.7. The van der Waals surface area contributed by atoms with Crippen molar-refractivity contribution in [3.05, 3.63) is 0 Å². The van der Waals surface area contributed by atoms with Gasteiger partial charge < -0.3 is 4.74 Å². The van der Waals surface area contributed by atoms with Gasteiger partial charge in [0.05, 0.1) is 13.2 Å². The smallest absolute Gasteiger partial charge is 0.234 e. The molecule has 0 bridgehead atoms. The lowest BCUT2D eigenvalue weighted by Gasteiger charge is -2.31. The van der Waals surface area contributed by atoms with Crippen LogP contribution in [-0.2, 0) is 16.0 Å². The van der Waals surface area contributed by atoms with Gasteiger partial charge in [-0.2, -0.15) is 4.31 Å². The lowest BCUT2D eigenvalue weighted by atomic mass is 10.1. The number of morpholine rings is 1. The summed E-state index contributed by atoms with van der Waals surface area (Å²) in [6.07, 6.45) is 1.94. The van der Waals surface area contributed by atoms with Crippen molar-refractivity contribution in [2.45, 2.75) is 25.8 Å². The highest BCUT2D eigenvalue weighted by atomic mass is 32.2. The molecule has 4 nitrogen and oxygen atoms in total. The Balaban J connectivity index is 2.48. The molecule has 5 heteroatoms. The number of ether oxygens (including phenoxy) is 1. The molecule has 0 radical (unpaired) electrons. The van der Waals surface area contributed by atoms with Crippen molar-refractivity contribution >= 4 is 11.3 Å². The zero-order valence-electron chi connectivity index (χ0n) is 7.23. The van der Waals surface area contributed by atoms with Crippen LogP contribution >= 0.6 is 0 Å². The molecule has 1 aliphatic rings. The summed E-state index contributed by atoms with van der Waals surface area (Å²) in [5, 5.41) is 0.